The Morgan fingerprint density at radius 1 is 1.40 bits per heavy atom. The second-order valence-corrected chi connectivity index (χ2v) is 8.77. The van der Waals surface area contributed by atoms with Crippen molar-refractivity contribution in [3.8, 4) is 0 Å². The Bertz CT molecular complexity index is 573. The van der Waals surface area contributed by atoms with E-state index in [1.165, 1.54) is 13.1 Å². The summed E-state index contributed by atoms with van der Waals surface area (Å²) in [4.78, 5) is 12.6. The molecular formula is C12H21N3O3S2. The van der Waals surface area contributed by atoms with Crippen LogP contribution in [0.4, 0.5) is 0 Å². The van der Waals surface area contributed by atoms with Gasteiger partial charge in [-0.05, 0) is 24.6 Å². The summed E-state index contributed by atoms with van der Waals surface area (Å²) < 4.78 is 25.6. The number of nitrogens with two attached hydrogens (primary N) is 1. The molecule has 1 atom stereocenters. The molecule has 0 aromatic carbocycles. The molecule has 4 N–H and O–H groups in total. The SMILES string of the molecule is CNS(=O)(=O)c1ccc(CNC(=O)[C@@H](N)C(C)(C)C)s1. The fourth-order valence-corrected chi connectivity index (χ4v) is 3.51. The molecule has 6 nitrogen and oxygen atoms in total. The van der Waals surface area contributed by atoms with Gasteiger partial charge >= 0.3 is 0 Å². The third-order valence-electron chi connectivity index (χ3n) is 2.82. The van der Waals surface area contributed by atoms with Crippen LogP contribution < -0.4 is 15.8 Å². The molecule has 0 saturated carbocycles. The van der Waals surface area contributed by atoms with Gasteiger partial charge in [-0.3, -0.25) is 4.79 Å². The van der Waals surface area contributed by atoms with Crippen LogP contribution in [0.3, 0.4) is 0 Å². The number of rotatable bonds is 5. The Labute approximate surface area is 123 Å². The van der Waals surface area contributed by atoms with Crippen molar-refractivity contribution in [2.75, 3.05) is 7.05 Å². The molecule has 0 aliphatic rings. The molecule has 0 saturated heterocycles. The van der Waals surface area contributed by atoms with Gasteiger partial charge in [-0.2, -0.15) is 0 Å². The molecule has 0 aliphatic carbocycles. The van der Waals surface area contributed by atoms with E-state index in [1.807, 2.05) is 20.8 Å². The quantitative estimate of drug-likeness (QED) is 0.741. The minimum absolute atomic E-state index is 0.226. The molecule has 1 heterocycles. The van der Waals surface area contributed by atoms with Gasteiger partial charge in [0, 0.05) is 4.88 Å². The van der Waals surface area contributed by atoms with Gasteiger partial charge in [-0.1, -0.05) is 20.8 Å². The average Bonchev–Trinajstić information content (AvgIpc) is 2.83. The van der Waals surface area contributed by atoms with Crippen LogP contribution in [-0.2, 0) is 21.4 Å². The number of carbonyl (C=O) groups excluding carboxylic acids is 1. The Hall–Kier alpha value is -0.960. The first-order chi connectivity index (χ1) is 9.08. The maximum atomic E-state index is 11.9. The molecule has 0 radical (unpaired) electrons. The molecule has 20 heavy (non-hydrogen) atoms. The summed E-state index contributed by atoms with van der Waals surface area (Å²) in [7, 11) is -2.06. The first-order valence-corrected chi connectivity index (χ1v) is 8.43. The largest absolute Gasteiger partial charge is 0.350 e. The van der Waals surface area contributed by atoms with Crippen LogP contribution in [0.2, 0.25) is 0 Å². The van der Waals surface area contributed by atoms with Gasteiger partial charge in [0.25, 0.3) is 0 Å². The molecular weight excluding hydrogens is 298 g/mol. The highest BCUT2D eigenvalue weighted by Crippen LogP contribution is 2.21. The second kappa shape index (κ2) is 6.21. The van der Waals surface area contributed by atoms with E-state index in [0.717, 1.165) is 16.2 Å². The van der Waals surface area contributed by atoms with E-state index >= 15 is 0 Å². The molecule has 1 aromatic heterocycles. The molecule has 1 aromatic rings. The van der Waals surface area contributed by atoms with Crippen molar-refractivity contribution >= 4 is 27.3 Å². The van der Waals surface area contributed by atoms with Crippen LogP contribution in [-0.4, -0.2) is 27.4 Å². The van der Waals surface area contributed by atoms with Gasteiger partial charge in [0.1, 0.15) is 4.21 Å². The number of carbonyl (C=O) groups is 1. The van der Waals surface area contributed by atoms with Crippen molar-refractivity contribution in [3.05, 3.63) is 17.0 Å². The molecule has 0 spiro atoms. The standard InChI is InChI=1S/C12H21N3O3S2/c1-12(2,3)10(13)11(16)15-7-8-5-6-9(19-8)20(17,18)14-4/h5-6,10,14H,7,13H2,1-4H3,(H,15,16)/t10-/m1/s1. The number of nitrogens with one attached hydrogen (secondary N) is 2. The van der Waals surface area contributed by atoms with Crippen LogP contribution in [0.5, 0.6) is 0 Å². The molecule has 0 fully saturated rings. The van der Waals surface area contributed by atoms with Crippen molar-refractivity contribution in [3.63, 3.8) is 0 Å². The maximum absolute atomic E-state index is 11.9. The summed E-state index contributed by atoms with van der Waals surface area (Å²) in [6, 6.07) is 2.59. The van der Waals surface area contributed by atoms with Crippen molar-refractivity contribution in [2.45, 2.75) is 37.6 Å². The van der Waals surface area contributed by atoms with E-state index in [0.29, 0.717) is 0 Å². The maximum Gasteiger partial charge on any atom is 0.249 e. The summed E-state index contributed by atoms with van der Waals surface area (Å²) >= 11 is 1.12. The lowest BCUT2D eigenvalue weighted by molar-refractivity contribution is -0.124. The van der Waals surface area contributed by atoms with E-state index in [9.17, 15) is 13.2 Å². The molecule has 0 unspecified atom stereocenters. The van der Waals surface area contributed by atoms with Crippen LogP contribution in [0.15, 0.2) is 16.3 Å². The number of hydrogen-bond donors (Lipinski definition) is 3. The number of sulfonamides is 1. The Morgan fingerprint density at radius 2 is 2.00 bits per heavy atom. The summed E-state index contributed by atoms with van der Waals surface area (Å²) in [5.41, 5.74) is 5.52. The van der Waals surface area contributed by atoms with E-state index < -0.39 is 16.1 Å². The van der Waals surface area contributed by atoms with E-state index in [1.54, 1.807) is 6.07 Å². The Kier molecular flexibility index (Phi) is 5.31. The zero-order valence-electron chi connectivity index (χ0n) is 12.1. The van der Waals surface area contributed by atoms with Gasteiger partial charge < -0.3 is 11.1 Å². The minimum Gasteiger partial charge on any atom is -0.350 e. The number of hydrogen-bond acceptors (Lipinski definition) is 5. The molecule has 0 bridgehead atoms. The molecule has 1 amide bonds. The first-order valence-electron chi connectivity index (χ1n) is 6.13. The molecule has 0 aliphatic heterocycles. The highest BCUT2D eigenvalue weighted by atomic mass is 32.2. The van der Waals surface area contributed by atoms with E-state index in [2.05, 4.69) is 10.0 Å². The summed E-state index contributed by atoms with van der Waals surface area (Å²) in [6.45, 7) is 5.94. The lowest BCUT2D eigenvalue weighted by Crippen LogP contribution is -2.48. The number of thiophene rings is 1. The fourth-order valence-electron chi connectivity index (χ4n) is 1.38. The fraction of sp³-hybridized carbons (Fsp3) is 0.583. The smallest absolute Gasteiger partial charge is 0.249 e. The third-order valence-corrected chi connectivity index (χ3v) is 5.81. The predicted octanol–water partition coefficient (Wildman–Crippen LogP) is 0.646. The lowest BCUT2D eigenvalue weighted by atomic mass is 9.87. The Balaban J connectivity index is 2.66. The van der Waals surface area contributed by atoms with Crippen LogP contribution in [0, 0.1) is 5.41 Å². The normalized spacial score (nSPS) is 14.1. The average molecular weight is 319 g/mol. The van der Waals surface area contributed by atoms with Crippen molar-refractivity contribution < 1.29 is 13.2 Å². The monoisotopic (exact) mass is 319 g/mol. The van der Waals surface area contributed by atoms with Gasteiger partial charge in [-0.25, -0.2) is 13.1 Å². The van der Waals surface area contributed by atoms with Gasteiger partial charge in [-0.15, -0.1) is 11.3 Å². The van der Waals surface area contributed by atoms with Gasteiger partial charge in [0.2, 0.25) is 15.9 Å². The van der Waals surface area contributed by atoms with E-state index in [4.69, 9.17) is 5.73 Å². The minimum atomic E-state index is -3.42. The summed E-state index contributed by atoms with van der Waals surface area (Å²) in [5, 5.41) is 2.72. The zero-order chi connectivity index (χ0) is 15.6. The second-order valence-electron chi connectivity index (χ2n) is 5.49. The van der Waals surface area contributed by atoms with Crippen molar-refractivity contribution in [2.24, 2.45) is 11.1 Å². The zero-order valence-corrected chi connectivity index (χ0v) is 13.7. The highest BCUT2D eigenvalue weighted by Gasteiger charge is 2.27. The predicted molar refractivity (Wildman–Crippen MR) is 79.8 cm³/mol. The Morgan fingerprint density at radius 3 is 2.50 bits per heavy atom. The van der Waals surface area contributed by atoms with Crippen LogP contribution in [0.1, 0.15) is 25.6 Å². The lowest BCUT2D eigenvalue weighted by Gasteiger charge is -2.25. The third kappa shape index (κ3) is 4.27. The van der Waals surface area contributed by atoms with Crippen LogP contribution in [0.25, 0.3) is 0 Å². The molecule has 8 heteroatoms. The van der Waals surface area contributed by atoms with Crippen molar-refractivity contribution in [1.29, 1.82) is 0 Å². The molecule has 114 valence electrons. The summed E-state index contributed by atoms with van der Waals surface area (Å²) in [6.07, 6.45) is 0. The van der Waals surface area contributed by atoms with Gasteiger partial charge in [0.05, 0.1) is 12.6 Å². The number of amides is 1. The van der Waals surface area contributed by atoms with Crippen LogP contribution >= 0.6 is 11.3 Å². The summed E-state index contributed by atoms with van der Waals surface area (Å²) in [5.74, 6) is -0.246. The highest BCUT2D eigenvalue weighted by molar-refractivity contribution is 7.91. The van der Waals surface area contributed by atoms with Crippen molar-refractivity contribution in [1.82, 2.24) is 10.0 Å². The van der Waals surface area contributed by atoms with Gasteiger partial charge in [0.15, 0.2) is 0 Å². The first kappa shape index (κ1) is 17.1. The topological polar surface area (TPSA) is 101 Å². The van der Waals surface area contributed by atoms with E-state index in [-0.39, 0.29) is 22.1 Å². The molecule has 1 rings (SSSR count).